The van der Waals surface area contributed by atoms with Gasteiger partial charge in [0.25, 0.3) is 0 Å². The summed E-state index contributed by atoms with van der Waals surface area (Å²) in [5.74, 6) is -0.649. The Hall–Kier alpha value is -1.66. The first-order valence-electron chi connectivity index (χ1n) is 5.12. The molecule has 2 rings (SSSR count). The van der Waals surface area contributed by atoms with Gasteiger partial charge in [0.15, 0.2) is 0 Å². The average molecular weight is 290 g/mol. The van der Waals surface area contributed by atoms with Crippen molar-refractivity contribution < 1.29 is 4.39 Å². The highest BCUT2D eigenvalue weighted by atomic mass is 79.9. The molecule has 0 radical (unpaired) electrons. The molecule has 0 spiro atoms. The molecule has 1 atom stereocenters. The van der Waals surface area contributed by atoms with Gasteiger partial charge in [0.05, 0.1) is 6.07 Å². The monoisotopic (exact) mass is 289 g/mol. The second kappa shape index (κ2) is 5.11. The Morgan fingerprint density at radius 3 is 2.88 bits per heavy atom. The maximum atomic E-state index is 13.4. The zero-order chi connectivity index (χ0) is 12.3. The van der Waals surface area contributed by atoms with Crippen LogP contribution in [0.5, 0.6) is 0 Å². The van der Waals surface area contributed by atoms with Crippen LogP contribution >= 0.6 is 15.9 Å². The molecule has 0 amide bonds. The predicted molar refractivity (Wildman–Crippen MR) is 68.9 cm³/mol. The zero-order valence-electron chi connectivity index (χ0n) is 8.90. The summed E-state index contributed by atoms with van der Waals surface area (Å²) in [6, 6.07) is 9.66. The summed E-state index contributed by atoms with van der Waals surface area (Å²) in [6.45, 7) is 0. The maximum absolute atomic E-state index is 13.4. The number of halogens is 2. The number of hydrogen-bond acceptors (Lipinski definition) is 1. The highest BCUT2D eigenvalue weighted by molar-refractivity contribution is 9.10. The van der Waals surface area contributed by atoms with Crippen molar-refractivity contribution in [3.8, 4) is 6.07 Å². The topological polar surface area (TPSA) is 23.8 Å². The summed E-state index contributed by atoms with van der Waals surface area (Å²) in [5, 5.41) is 9.09. The van der Waals surface area contributed by atoms with Crippen molar-refractivity contribution in [2.75, 3.05) is 0 Å². The normalized spacial score (nSPS) is 19.0. The summed E-state index contributed by atoms with van der Waals surface area (Å²) in [7, 11) is 0. The number of benzene rings is 1. The summed E-state index contributed by atoms with van der Waals surface area (Å²) in [6.07, 6.45) is 6.02. The van der Waals surface area contributed by atoms with E-state index in [4.69, 9.17) is 5.26 Å². The molecule has 0 bridgehead atoms. The Bertz CT molecular complexity index is 564. The maximum Gasteiger partial charge on any atom is 0.120 e. The van der Waals surface area contributed by atoms with Gasteiger partial charge in [-0.05, 0) is 35.9 Å². The van der Waals surface area contributed by atoms with Gasteiger partial charge in [-0.25, -0.2) is 4.39 Å². The molecule has 1 aromatic rings. The molecular formula is C14H9BrFN. The minimum Gasteiger partial charge on any atom is -0.207 e. The SMILES string of the molecule is N#CC1=CC=CC(F)=CC1c1cccc(Br)c1. The fraction of sp³-hybridized carbons (Fsp3) is 0.0714. The zero-order valence-corrected chi connectivity index (χ0v) is 10.5. The van der Waals surface area contributed by atoms with E-state index in [2.05, 4.69) is 22.0 Å². The molecule has 1 aliphatic rings. The Labute approximate surface area is 108 Å². The van der Waals surface area contributed by atoms with Gasteiger partial charge in [-0.15, -0.1) is 0 Å². The molecule has 0 fully saturated rings. The molecule has 3 heteroatoms. The second-order valence-corrected chi connectivity index (χ2v) is 4.59. The van der Waals surface area contributed by atoms with Crippen molar-refractivity contribution in [3.05, 3.63) is 70.0 Å². The van der Waals surface area contributed by atoms with E-state index in [1.807, 2.05) is 24.3 Å². The molecule has 1 aromatic carbocycles. The lowest BCUT2D eigenvalue weighted by atomic mass is 9.91. The van der Waals surface area contributed by atoms with Gasteiger partial charge < -0.3 is 0 Å². The number of rotatable bonds is 1. The smallest absolute Gasteiger partial charge is 0.120 e. The molecule has 17 heavy (non-hydrogen) atoms. The highest BCUT2D eigenvalue weighted by Crippen LogP contribution is 2.30. The summed E-state index contributed by atoms with van der Waals surface area (Å²) < 4.78 is 14.3. The lowest BCUT2D eigenvalue weighted by Gasteiger charge is -2.11. The molecule has 1 nitrogen and oxygen atoms in total. The number of hydrogen-bond donors (Lipinski definition) is 0. The fourth-order valence-corrected chi connectivity index (χ4v) is 2.15. The predicted octanol–water partition coefficient (Wildman–Crippen LogP) is 4.41. The van der Waals surface area contributed by atoms with Crippen LogP contribution < -0.4 is 0 Å². The number of nitriles is 1. The van der Waals surface area contributed by atoms with Gasteiger partial charge in [0.1, 0.15) is 5.83 Å². The first-order chi connectivity index (χ1) is 8.20. The van der Waals surface area contributed by atoms with Crippen LogP contribution in [-0.4, -0.2) is 0 Å². The molecule has 1 unspecified atom stereocenters. The molecule has 0 saturated carbocycles. The molecule has 0 aromatic heterocycles. The van der Waals surface area contributed by atoms with Crippen LogP contribution in [0.3, 0.4) is 0 Å². The van der Waals surface area contributed by atoms with Crippen molar-refractivity contribution in [1.82, 2.24) is 0 Å². The standard InChI is InChI=1S/C14H9BrFN/c15-12-5-1-3-10(7-12)14-8-13(16)6-2-4-11(14)9-17/h1-8,14H. The Balaban J connectivity index is 2.49. The van der Waals surface area contributed by atoms with E-state index in [0.717, 1.165) is 10.0 Å². The van der Waals surface area contributed by atoms with E-state index in [1.54, 1.807) is 12.2 Å². The summed E-state index contributed by atoms with van der Waals surface area (Å²) in [5.41, 5.74) is 1.43. The third kappa shape index (κ3) is 2.72. The average Bonchev–Trinajstić information content (AvgIpc) is 2.50. The molecule has 0 N–H and O–H groups in total. The van der Waals surface area contributed by atoms with Gasteiger partial charge in [0.2, 0.25) is 0 Å². The third-order valence-electron chi connectivity index (χ3n) is 2.53. The quantitative estimate of drug-likeness (QED) is 0.751. The van der Waals surface area contributed by atoms with E-state index in [1.165, 1.54) is 12.2 Å². The van der Waals surface area contributed by atoms with Crippen LogP contribution in [0.4, 0.5) is 4.39 Å². The van der Waals surface area contributed by atoms with Gasteiger partial charge in [-0.1, -0.05) is 34.1 Å². The van der Waals surface area contributed by atoms with E-state index in [-0.39, 0.29) is 11.7 Å². The van der Waals surface area contributed by atoms with Crippen molar-refractivity contribution >= 4 is 15.9 Å². The summed E-state index contributed by atoms with van der Waals surface area (Å²) in [4.78, 5) is 0. The van der Waals surface area contributed by atoms with Crippen LogP contribution in [0, 0.1) is 11.3 Å². The van der Waals surface area contributed by atoms with Gasteiger partial charge in [-0.2, -0.15) is 5.26 Å². The van der Waals surface area contributed by atoms with Crippen molar-refractivity contribution in [2.45, 2.75) is 5.92 Å². The molecule has 0 aliphatic heterocycles. The van der Waals surface area contributed by atoms with E-state index >= 15 is 0 Å². The van der Waals surface area contributed by atoms with Gasteiger partial charge in [0, 0.05) is 16.0 Å². The molecule has 0 saturated heterocycles. The minimum atomic E-state index is -0.326. The van der Waals surface area contributed by atoms with Crippen LogP contribution in [0.2, 0.25) is 0 Å². The lowest BCUT2D eigenvalue weighted by molar-refractivity contribution is 0.659. The van der Waals surface area contributed by atoms with Crippen LogP contribution in [0.25, 0.3) is 0 Å². The van der Waals surface area contributed by atoms with Crippen molar-refractivity contribution in [2.24, 2.45) is 0 Å². The Kier molecular flexibility index (Phi) is 3.55. The van der Waals surface area contributed by atoms with Crippen LogP contribution in [0.15, 0.2) is 64.4 Å². The first-order valence-corrected chi connectivity index (χ1v) is 5.91. The van der Waals surface area contributed by atoms with Gasteiger partial charge >= 0.3 is 0 Å². The third-order valence-corrected chi connectivity index (χ3v) is 3.02. The molecular weight excluding hydrogens is 281 g/mol. The lowest BCUT2D eigenvalue weighted by Crippen LogP contribution is -1.98. The van der Waals surface area contributed by atoms with Crippen LogP contribution in [-0.2, 0) is 0 Å². The first kappa shape index (κ1) is 11.8. The van der Waals surface area contributed by atoms with E-state index in [0.29, 0.717) is 5.57 Å². The minimum absolute atomic E-state index is 0.323. The number of nitrogens with zero attached hydrogens (tertiary/aromatic N) is 1. The Morgan fingerprint density at radius 1 is 1.35 bits per heavy atom. The molecule has 1 aliphatic carbocycles. The Morgan fingerprint density at radius 2 is 2.18 bits per heavy atom. The van der Waals surface area contributed by atoms with Crippen molar-refractivity contribution in [1.29, 1.82) is 5.26 Å². The van der Waals surface area contributed by atoms with E-state index < -0.39 is 0 Å². The molecule has 0 heterocycles. The fourth-order valence-electron chi connectivity index (χ4n) is 1.73. The largest absolute Gasteiger partial charge is 0.207 e. The summed E-state index contributed by atoms with van der Waals surface area (Å²) >= 11 is 3.37. The second-order valence-electron chi connectivity index (χ2n) is 3.68. The van der Waals surface area contributed by atoms with Gasteiger partial charge in [-0.3, -0.25) is 0 Å². The van der Waals surface area contributed by atoms with Crippen LogP contribution in [0.1, 0.15) is 11.5 Å². The number of allylic oxidation sites excluding steroid dienone is 6. The highest BCUT2D eigenvalue weighted by Gasteiger charge is 2.16. The van der Waals surface area contributed by atoms with Crippen molar-refractivity contribution in [3.63, 3.8) is 0 Å². The molecule has 84 valence electrons. The van der Waals surface area contributed by atoms with E-state index in [9.17, 15) is 4.39 Å².